The summed E-state index contributed by atoms with van der Waals surface area (Å²) in [4.78, 5) is 38.7. The number of hydrogen-bond acceptors (Lipinski definition) is 5. The average molecular weight is 399 g/mol. The van der Waals surface area contributed by atoms with Crippen LogP contribution in [0.3, 0.4) is 0 Å². The van der Waals surface area contributed by atoms with Gasteiger partial charge in [0.25, 0.3) is 5.91 Å². The molecule has 0 atom stereocenters. The highest BCUT2D eigenvalue weighted by atomic mass is 32.1. The van der Waals surface area contributed by atoms with E-state index in [4.69, 9.17) is 0 Å². The molecule has 2 saturated heterocycles. The van der Waals surface area contributed by atoms with Crippen LogP contribution in [0.2, 0.25) is 0 Å². The fraction of sp³-hybridized carbons (Fsp3) is 0.524. The maximum Gasteiger partial charge on any atom is 0.264 e. The zero-order valence-corrected chi connectivity index (χ0v) is 17.3. The van der Waals surface area contributed by atoms with Gasteiger partial charge in [0.05, 0.1) is 29.0 Å². The van der Waals surface area contributed by atoms with E-state index in [1.54, 1.807) is 12.4 Å². The van der Waals surface area contributed by atoms with Crippen LogP contribution in [-0.4, -0.2) is 51.2 Å². The second kappa shape index (κ2) is 7.62. The van der Waals surface area contributed by atoms with Gasteiger partial charge in [0, 0.05) is 32.3 Å². The molecule has 4 rings (SSSR count). The molecule has 0 bridgehead atoms. The van der Waals surface area contributed by atoms with Gasteiger partial charge in [0.15, 0.2) is 0 Å². The lowest BCUT2D eigenvalue weighted by atomic mass is 9.72. The summed E-state index contributed by atoms with van der Waals surface area (Å²) in [5.41, 5.74) is 2.89. The van der Waals surface area contributed by atoms with Gasteiger partial charge in [0.2, 0.25) is 5.91 Å². The van der Waals surface area contributed by atoms with Crippen molar-refractivity contribution >= 4 is 23.2 Å². The zero-order chi connectivity index (χ0) is 19.7. The van der Waals surface area contributed by atoms with Crippen LogP contribution in [0.5, 0.6) is 0 Å². The quantitative estimate of drug-likeness (QED) is 0.796. The summed E-state index contributed by atoms with van der Waals surface area (Å²) in [5.74, 6) is 0.349. The first kappa shape index (κ1) is 19.1. The summed E-state index contributed by atoms with van der Waals surface area (Å²) < 4.78 is 0. The molecule has 2 aliphatic heterocycles. The van der Waals surface area contributed by atoms with Crippen molar-refractivity contribution in [2.24, 2.45) is 5.41 Å². The number of thiophene rings is 1. The second-order valence-electron chi connectivity index (χ2n) is 8.12. The summed E-state index contributed by atoms with van der Waals surface area (Å²) in [7, 11) is 0. The lowest BCUT2D eigenvalue weighted by Gasteiger charge is -2.47. The monoisotopic (exact) mass is 398 g/mol. The van der Waals surface area contributed by atoms with Gasteiger partial charge >= 0.3 is 0 Å². The van der Waals surface area contributed by atoms with Crippen molar-refractivity contribution in [2.45, 2.75) is 46.1 Å². The van der Waals surface area contributed by atoms with Crippen LogP contribution in [0.1, 0.15) is 52.3 Å². The van der Waals surface area contributed by atoms with E-state index < -0.39 is 0 Å². The average Bonchev–Trinajstić information content (AvgIpc) is 3.13. The molecule has 2 aromatic rings. The van der Waals surface area contributed by atoms with Crippen molar-refractivity contribution in [1.82, 2.24) is 19.8 Å². The molecule has 2 fully saturated rings. The third kappa shape index (κ3) is 3.81. The molecule has 0 aromatic carbocycles. The highest BCUT2D eigenvalue weighted by molar-refractivity contribution is 7.12. The van der Waals surface area contributed by atoms with E-state index in [-0.39, 0.29) is 17.2 Å². The van der Waals surface area contributed by atoms with Gasteiger partial charge in [0.1, 0.15) is 0 Å². The number of piperidine rings is 2. The van der Waals surface area contributed by atoms with Crippen molar-refractivity contribution in [3.8, 4) is 0 Å². The van der Waals surface area contributed by atoms with E-state index in [2.05, 4.69) is 9.97 Å². The number of carbonyl (C=O) groups excluding carboxylic acids is 2. The van der Waals surface area contributed by atoms with Crippen LogP contribution in [-0.2, 0) is 11.3 Å². The van der Waals surface area contributed by atoms with Gasteiger partial charge in [-0.05, 0) is 55.5 Å². The third-order valence-corrected chi connectivity index (χ3v) is 7.11. The van der Waals surface area contributed by atoms with Crippen LogP contribution < -0.4 is 0 Å². The van der Waals surface area contributed by atoms with Crippen LogP contribution >= 0.6 is 11.3 Å². The van der Waals surface area contributed by atoms with E-state index in [0.29, 0.717) is 13.0 Å². The standard InChI is InChI=1S/C21H26N4O2S/c1-15-4-10-28-19(15)20(27)24-8-6-21(7-9-24)5-3-18(26)25(14-21)13-17-12-22-16(2)11-23-17/h4,10-12H,3,5-9,13-14H2,1-2H3. The predicted molar refractivity (Wildman–Crippen MR) is 108 cm³/mol. The third-order valence-electron chi connectivity index (χ3n) is 6.10. The minimum atomic E-state index is 0.118. The Labute approximate surface area is 169 Å². The van der Waals surface area contributed by atoms with Crippen LogP contribution in [0.15, 0.2) is 23.8 Å². The van der Waals surface area contributed by atoms with E-state index >= 15 is 0 Å². The number of aryl methyl sites for hydroxylation is 2. The van der Waals surface area contributed by atoms with Crippen molar-refractivity contribution < 1.29 is 9.59 Å². The Morgan fingerprint density at radius 3 is 2.61 bits per heavy atom. The molecule has 4 heterocycles. The van der Waals surface area contributed by atoms with Gasteiger partial charge in [-0.2, -0.15) is 0 Å². The molecule has 7 heteroatoms. The molecule has 0 N–H and O–H groups in total. The predicted octanol–water partition coefficient (Wildman–Crippen LogP) is 3.20. The molecule has 2 aromatic heterocycles. The zero-order valence-electron chi connectivity index (χ0n) is 16.5. The summed E-state index contributed by atoms with van der Waals surface area (Å²) in [5, 5.41) is 1.98. The number of amides is 2. The Morgan fingerprint density at radius 2 is 1.96 bits per heavy atom. The number of aromatic nitrogens is 2. The summed E-state index contributed by atoms with van der Waals surface area (Å²) in [6, 6.07) is 2.00. The summed E-state index contributed by atoms with van der Waals surface area (Å²) in [6.07, 6.45) is 6.91. The first-order valence-electron chi connectivity index (χ1n) is 9.84. The molecule has 1 spiro atoms. The van der Waals surface area contributed by atoms with Crippen LogP contribution in [0, 0.1) is 19.3 Å². The van der Waals surface area contributed by atoms with E-state index in [9.17, 15) is 9.59 Å². The summed E-state index contributed by atoms with van der Waals surface area (Å²) >= 11 is 1.52. The maximum atomic E-state index is 12.8. The Hall–Kier alpha value is -2.28. The second-order valence-corrected chi connectivity index (χ2v) is 9.04. The van der Waals surface area contributed by atoms with Crippen LogP contribution in [0.25, 0.3) is 0 Å². The lowest BCUT2D eigenvalue weighted by Crippen LogP contribution is -2.52. The molecule has 28 heavy (non-hydrogen) atoms. The molecule has 6 nitrogen and oxygen atoms in total. The number of carbonyl (C=O) groups is 2. The van der Waals surface area contributed by atoms with Crippen molar-refractivity contribution in [1.29, 1.82) is 0 Å². The summed E-state index contributed by atoms with van der Waals surface area (Å²) in [6.45, 7) is 6.70. The molecule has 0 unspecified atom stereocenters. The number of rotatable bonds is 3. The Kier molecular flexibility index (Phi) is 5.19. The van der Waals surface area contributed by atoms with Gasteiger partial charge in [-0.3, -0.25) is 19.6 Å². The van der Waals surface area contributed by atoms with Crippen molar-refractivity contribution in [2.75, 3.05) is 19.6 Å². The fourth-order valence-corrected chi connectivity index (χ4v) is 5.16. The maximum absolute atomic E-state index is 12.8. The largest absolute Gasteiger partial charge is 0.338 e. The van der Waals surface area contributed by atoms with E-state index in [1.165, 1.54) is 11.3 Å². The van der Waals surface area contributed by atoms with Crippen molar-refractivity contribution in [3.05, 3.63) is 45.7 Å². The van der Waals surface area contributed by atoms with E-state index in [0.717, 1.165) is 60.7 Å². The number of likely N-dealkylation sites (tertiary alicyclic amines) is 2. The van der Waals surface area contributed by atoms with Gasteiger partial charge < -0.3 is 9.80 Å². The normalized spacial score (nSPS) is 19.3. The number of nitrogens with zero attached hydrogens (tertiary/aromatic N) is 4. The Morgan fingerprint density at radius 1 is 1.18 bits per heavy atom. The first-order chi connectivity index (χ1) is 13.5. The molecule has 0 saturated carbocycles. The highest BCUT2D eigenvalue weighted by Crippen LogP contribution is 2.41. The first-order valence-corrected chi connectivity index (χ1v) is 10.7. The minimum absolute atomic E-state index is 0.118. The molecular formula is C21H26N4O2S. The minimum Gasteiger partial charge on any atom is -0.338 e. The smallest absolute Gasteiger partial charge is 0.264 e. The number of hydrogen-bond donors (Lipinski definition) is 0. The topological polar surface area (TPSA) is 66.4 Å². The fourth-order valence-electron chi connectivity index (χ4n) is 4.27. The van der Waals surface area contributed by atoms with Gasteiger partial charge in [-0.15, -0.1) is 11.3 Å². The molecule has 2 aliphatic rings. The van der Waals surface area contributed by atoms with E-state index in [1.807, 2.05) is 35.1 Å². The molecular weight excluding hydrogens is 372 g/mol. The Balaban J connectivity index is 1.40. The molecule has 0 aliphatic carbocycles. The molecule has 148 valence electrons. The van der Waals surface area contributed by atoms with Gasteiger partial charge in [-0.25, -0.2) is 0 Å². The van der Waals surface area contributed by atoms with Crippen molar-refractivity contribution in [3.63, 3.8) is 0 Å². The molecule has 2 amide bonds. The SMILES string of the molecule is Cc1cnc(CN2CC3(CCC2=O)CCN(C(=O)c2sccc2C)CC3)cn1. The highest BCUT2D eigenvalue weighted by Gasteiger charge is 2.42. The Bertz CT molecular complexity index is 869. The van der Waals surface area contributed by atoms with Crippen LogP contribution in [0.4, 0.5) is 0 Å². The molecule has 0 radical (unpaired) electrons. The lowest BCUT2D eigenvalue weighted by molar-refractivity contribution is -0.139. The van der Waals surface area contributed by atoms with Gasteiger partial charge in [-0.1, -0.05) is 0 Å².